The van der Waals surface area contributed by atoms with Crippen LogP contribution in [0.1, 0.15) is 5.56 Å². The van der Waals surface area contributed by atoms with Crippen LogP contribution in [0.15, 0.2) is 73.3 Å². The molecule has 0 atom stereocenters. The molecule has 0 saturated carbocycles. The molecule has 0 fully saturated rings. The Morgan fingerprint density at radius 1 is 1.00 bits per heavy atom. The highest BCUT2D eigenvalue weighted by atomic mass is 35.5. The molecule has 0 spiro atoms. The van der Waals surface area contributed by atoms with Gasteiger partial charge in [-0.25, -0.2) is 23.8 Å². The van der Waals surface area contributed by atoms with Crippen molar-refractivity contribution >= 4 is 28.3 Å². The molecule has 6 rings (SSSR count). The van der Waals surface area contributed by atoms with Crippen LogP contribution in [0.5, 0.6) is 5.75 Å². The van der Waals surface area contributed by atoms with Gasteiger partial charge in [0, 0.05) is 6.20 Å². The molecule has 0 N–H and O–H groups in total. The third-order valence-corrected chi connectivity index (χ3v) is 5.53. The lowest BCUT2D eigenvalue weighted by atomic mass is 10.2. The normalized spacial score (nSPS) is 11.5. The number of aromatic nitrogens is 8. The molecule has 0 aliphatic rings. The molecule has 0 amide bonds. The van der Waals surface area contributed by atoms with Gasteiger partial charge in [-0.05, 0) is 42.8 Å². The fourth-order valence-corrected chi connectivity index (χ4v) is 3.77. The second kappa shape index (κ2) is 7.72. The Morgan fingerprint density at radius 3 is 2.76 bits per heavy atom. The van der Waals surface area contributed by atoms with Gasteiger partial charge in [0.15, 0.2) is 18.0 Å². The van der Waals surface area contributed by atoms with Gasteiger partial charge >= 0.3 is 0 Å². The summed E-state index contributed by atoms with van der Waals surface area (Å²) in [4.78, 5) is 9.24. The number of para-hydroxylation sites is 1. The zero-order chi connectivity index (χ0) is 22.4. The summed E-state index contributed by atoms with van der Waals surface area (Å²) < 4.78 is 10.9. The van der Waals surface area contributed by atoms with Crippen molar-refractivity contribution in [2.24, 2.45) is 0 Å². The van der Waals surface area contributed by atoms with Crippen LogP contribution < -0.4 is 4.74 Å². The Labute approximate surface area is 192 Å². The molecule has 6 aromatic rings. The zero-order valence-corrected chi connectivity index (χ0v) is 18.3. The molecule has 162 valence electrons. The van der Waals surface area contributed by atoms with Gasteiger partial charge in [-0.15, -0.1) is 5.10 Å². The van der Waals surface area contributed by atoms with Gasteiger partial charge in [0.1, 0.15) is 17.8 Å². The maximum absolute atomic E-state index is 6.21. The molecule has 0 unspecified atom stereocenters. The fraction of sp³-hybridized carbons (Fsp3) is 0.0870. The minimum Gasteiger partial charge on any atom is -0.470 e. The van der Waals surface area contributed by atoms with Crippen LogP contribution in [0.2, 0.25) is 5.02 Å². The molecule has 0 saturated heterocycles. The van der Waals surface area contributed by atoms with Crippen molar-refractivity contribution in [2.45, 2.75) is 13.7 Å². The van der Waals surface area contributed by atoms with E-state index in [0.29, 0.717) is 33.6 Å². The van der Waals surface area contributed by atoms with Crippen LogP contribution in [-0.4, -0.2) is 39.1 Å². The van der Waals surface area contributed by atoms with Crippen LogP contribution in [0.4, 0.5) is 0 Å². The van der Waals surface area contributed by atoms with Gasteiger partial charge < -0.3 is 4.74 Å². The monoisotopic (exact) mass is 456 g/mol. The first kappa shape index (κ1) is 19.4. The van der Waals surface area contributed by atoms with E-state index in [4.69, 9.17) is 21.3 Å². The third-order valence-electron chi connectivity index (χ3n) is 5.21. The first-order chi connectivity index (χ1) is 16.2. The first-order valence-corrected chi connectivity index (χ1v) is 10.6. The molecule has 0 aliphatic carbocycles. The largest absolute Gasteiger partial charge is 0.470 e. The van der Waals surface area contributed by atoms with Crippen molar-refractivity contribution < 1.29 is 4.74 Å². The number of rotatable bonds is 5. The Hall–Kier alpha value is -4.24. The van der Waals surface area contributed by atoms with E-state index >= 15 is 0 Å². The molecule has 0 aliphatic heterocycles. The number of halogens is 1. The molecule has 9 nitrogen and oxygen atoms in total. The second-order valence-corrected chi connectivity index (χ2v) is 7.93. The van der Waals surface area contributed by atoms with E-state index in [0.717, 1.165) is 16.6 Å². The van der Waals surface area contributed by atoms with E-state index in [-0.39, 0.29) is 6.73 Å². The van der Waals surface area contributed by atoms with Gasteiger partial charge in [-0.2, -0.15) is 10.2 Å². The summed E-state index contributed by atoms with van der Waals surface area (Å²) in [6.45, 7) is 2.20. The highest BCUT2D eigenvalue weighted by molar-refractivity contribution is 6.32. The number of ether oxygens (including phenoxy) is 1. The summed E-state index contributed by atoms with van der Waals surface area (Å²) in [6, 6.07) is 17.3. The van der Waals surface area contributed by atoms with E-state index in [9.17, 15) is 0 Å². The van der Waals surface area contributed by atoms with Gasteiger partial charge in [-0.3, -0.25) is 0 Å². The van der Waals surface area contributed by atoms with Crippen molar-refractivity contribution in [3.63, 3.8) is 0 Å². The second-order valence-electron chi connectivity index (χ2n) is 7.53. The van der Waals surface area contributed by atoms with Crippen molar-refractivity contribution in [3.8, 4) is 23.0 Å². The quantitative estimate of drug-likeness (QED) is 0.384. The van der Waals surface area contributed by atoms with Crippen LogP contribution in [0, 0.1) is 6.92 Å². The van der Waals surface area contributed by atoms with Gasteiger partial charge in [0.2, 0.25) is 5.82 Å². The molecule has 10 heteroatoms. The summed E-state index contributed by atoms with van der Waals surface area (Å²) in [5.74, 6) is 1.10. The smallest absolute Gasteiger partial charge is 0.202 e. The lowest BCUT2D eigenvalue weighted by Gasteiger charge is -2.08. The Balaban J connectivity index is 1.30. The van der Waals surface area contributed by atoms with Crippen LogP contribution >= 0.6 is 11.6 Å². The summed E-state index contributed by atoms with van der Waals surface area (Å²) in [6.07, 6.45) is 5.20. The highest BCUT2D eigenvalue weighted by Gasteiger charge is 2.16. The van der Waals surface area contributed by atoms with E-state index in [1.54, 1.807) is 26.4 Å². The van der Waals surface area contributed by atoms with E-state index in [1.165, 1.54) is 0 Å². The van der Waals surface area contributed by atoms with Crippen molar-refractivity contribution in [3.05, 3.63) is 83.9 Å². The molecule has 4 aromatic heterocycles. The average molecular weight is 457 g/mol. The number of hydrogen-bond donors (Lipinski definition) is 0. The SMILES string of the molecule is Cc1ccc(Cl)c(OCn2ccc(-c3nc4c5cnn(-c6ccccc6)c5ncn4n3)n2)c1. The molecule has 33 heavy (non-hydrogen) atoms. The molecule has 0 radical (unpaired) electrons. The summed E-state index contributed by atoms with van der Waals surface area (Å²) >= 11 is 6.21. The molecule has 4 heterocycles. The molecular formula is C23H17ClN8O. The van der Waals surface area contributed by atoms with Gasteiger partial charge in [0.05, 0.1) is 22.3 Å². The van der Waals surface area contributed by atoms with E-state index < -0.39 is 0 Å². The number of fused-ring (bicyclic) bond motifs is 3. The topological polar surface area (TPSA) is 88.0 Å². The van der Waals surface area contributed by atoms with E-state index in [2.05, 4.69) is 20.3 Å². The van der Waals surface area contributed by atoms with Crippen LogP contribution in [0.25, 0.3) is 33.9 Å². The predicted molar refractivity (Wildman–Crippen MR) is 123 cm³/mol. The van der Waals surface area contributed by atoms with Crippen LogP contribution in [0.3, 0.4) is 0 Å². The Bertz CT molecular complexity index is 1600. The minimum atomic E-state index is 0.214. The van der Waals surface area contributed by atoms with Crippen molar-refractivity contribution in [2.75, 3.05) is 0 Å². The highest BCUT2D eigenvalue weighted by Crippen LogP contribution is 2.26. The predicted octanol–water partition coefficient (Wildman–Crippen LogP) is 4.33. The van der Waals surface area contributed by atoms with Crippen LogP contribution in [-0.2, 0) is 6.73 Å². The van der Waals surface area contributed by atoms with Crippen molar-refractivity contribution in [1.82, 2.24) is 39.1 Å². The number of benzene rings is 2. The van der Waals surface area contributed by atoms with Gasteiger partial charge in [-0.1, -0.05) is 35.9 Å². The standard InChI is InChI=1S/C23H17ClN8O/c1-15-7-8-18(24)20(11-15)33-14-30-10-9-19(28-30)21-27-23-17-12-26-32(16-5-3-2-4-6-16)22(17)25-13-31(23)29-21/h2-13H,14H2,1H3. The fourth-order valence-electron chi connectivity index (χ4n) is 3.60. The Morgan fingerprint density at radius 2 is 1.88 bits per heavy atom. The summed E-state index contributed by atoms with van der Waals surface area (Å²) in [5, 5.41) is 14.9. The Kier molecular flexibility index (Phi) is 4.55. The zero-order valence-electron chi connectivity index (χ0n) is 17.5. The lowest BCUT2D eigenvalue weighted by Crippen LogP contribution is -2.06. The average Bonchev–Trinajstić information content (AvgIpc) is 3.57. The lowest BCUT2D eigenvalue weighted by molar-refractivity contribution is 0.221. The van der Waals surface area contributed by atoms with Gasteiger partial charge in [0.25, 0.3) is 0 Å². The molecule has 0 bridgehead atoms. The number of nitrogens with zero attached hydrogens (tertiary/aromatic N) is 8. The molecular weight excluding hydrogens is 440 g/mol. The maximum atomic E-state index is 6.21. The maximum Gasteiger partial charge on any atom is 0.202 e. The summed E-state index contributed by atoms with van der Waals surface area (Å²) in [7, 11) is 0. The minimum absolute atomic E-state index is 0.214. The van der Waals surface area contributed by atoms with Crippen molar-refractivity contribution in [1.29, 1.82) is 0 Å². The number of hydrogen-bond acceptors (Lipinski definition) is 6. The number of aryl methyl sites for hydroxylation is 1. The first-order valence-electron chi connectivity index (χ1n) is 10.2. The molecule has 2 aromatic carbocycles. The summed E-state index contributed by atoms with van der Waals surface area (Å²) in [5.41, 5.74) is 3.99. The van der Waals surface area contributed by atoms with E-state index in [1.807, 2.05) is 67.7 Å². The third kappa shape index (κ3) is 3.48.